The highest BCUT2D eigenvalue weighted by Crippen LogP contribution is 2.31. The molecule has 0 aromatic carbocycles. The van der Waals surface area contributed by atoms with Crippen LogP contribution in [0.25, 0.3) is 0 Å². The number of nitrogens with one attached hydrogen (secondary N) is 1. The van der Waals surface area contributed by atoms with Crippen molar-refractivity contribution in [2.45, 2.75) is 25.0 Å². The molecule has 0 saturated carbocycles. The van der Waals surface area contributed by atoms with Gasteiger partial charge in [-0.15, -0.1) is 0 Å². The number of thioether (sulfide) groups is 1. The zero-order valence-electron chi connectivity index (χ0n) is 11.9. The predicted molar refractivity (Wildman–Crippen MR) is 79.3 cm³/mol. The molecule has 0 aliphatic carbocycles. The summed E-state index contributed by atoms with van der Waals surface area (Å²) in [6.07, 6.45) is 1.11. The summed E-state index contributed by atoms with van der Waals surface area (Å²) in [7, 11) is 3.36. The quantitative estimate of drug-likeness (QED) is 0.904. The van der Waals surface area contributed by atoms with Crippen LogP contribution in [0, 0.1) is 0 Å². The third-order valence-electron chi connectivity index (χ3n) is 3.13. The number of methoxy groups -OCH3 is 1. The number of hydrogen-bond acceptors (Lipinski definition) is 7. The van der Waals surface area contributed by atoms with Gasteiger partial charge in [-0.3, -0.25) is 0 Å². The largest absolute Gasteiger partial charge is 0.467 e. The first-order chi connectivity index (χ1) is 9.04. The lowest BCUT2D eigenvalue weighted by atomic mass is 10.1. The maximum atomic E-state index is 5.13. The summed E-state index contributed by atoms with van der Waals surface area (Å²) >= 11 is 2.00. The average molecular weight is 283 g/mol. The molecule has 2 rings (SSSR count). The van der Waals surface area contributed by atoms with Crippen LogP contribution in [-0.4, -0.2) is 52.7 Å². The number of nitrogens with zero attached hydrogens (tertiary/aromatic N) is 4. The molecule has 0 spiro atoms. The standard InChI is InChI=1S/C12H21N5OS/c1-12(2)5-6-17(7-8-19-12)10-14-9(13-3)15-11(16-10)18-4/h5-8H2,1-4H3,(H,13,14,15,16). The van der Waals surface area contributed by atoms with Crippen LogP contribution in [0.2, 0.25) is 0 Å². The van der Waals surface area contributed by atoms with E-state index >= 15 is 0 Å². The highest BCUT2D eigenvalue weighted by molar-refractivity contribution is 8.00. The summed E-state index contributed by atoms with van der Waals surface area (Å²) in [5.74, 6) is 2.31. The zero-order valence-corrected chi connectivity index (χ0v) is 12.8. The second-order valence-corrected chi connectivity index (χ2v) is 6.84. The first-order valence-electron chi connectivity index (χ1n) is 6.41. The highest BCUT2D eigenvalue weighted by Gasteiger charge is 2.25. The van der Waals surface area contributed by atoms with Crippen LogP contribution in [0.15, 0.2) is 0 Å². The zero-order chi connectivity index (χ0) is 13.9. The number of rotatable bonds is 3. The molecular weight excluding hydrogens is 262 g/mol. The molecule has 1 aliphatic heterocycles. The summed E-state index contributed by atoms with van der Waals surface area (Å²) in [4.78, 5) is 15.1. The smallest absolute Gasteiger partial charge is 0.322 e. The summed E-state index contributed by atoms with van der Waals surface area (Å²) < 4.78 is 5.44. The lowest BCUT2D eigenvalue weighted by Gasteiger charge is -2.22. The van der Waals surface area contributed by atoms with Gasteiger partial charge in [-0.25, -0.2) is 0 Å². The molecule has 1 aromatic heterocycles. The van der Waals surface area contributed by atoms with E-state index in [4.69, 9.17) is 4.74 Å². The van der Waals surface area contributed by atoms with Gasteiger partial charge >= 0.3 is 6.01 Å². The van der Waals surface area contributed by atoms with Crippen molar-refractivity contribution in [2.24, 2.45) is 0 Å². The highest BCUT2D eigenvalue weighted by atomic mass is 32.2. The lowest BCUT2D eigenvalue weighted by molar-refractivity contribution is 0.378. The second kappa shape index (κ2) is 5.81. The van der Waals surface area contributed by atoms with E-state index in [0.717, 1.165) is 25.3 Å². The normalized spacial score (nSPS) is 18.8. The van der Waals surface area contributed by atoms with Gasteiger partial charge in [-0.2, -0.15) is 26.7 Å². The first kappa shape index (κ1) is 14.2. The molecule has 2 heterocycles. The van der Waals surface area contributed by atoms with Gasteiger partial charge in [0.05, 0.1) is 7.11 Å². The van der Waals surface area contributed by atoms with Gasteiger partial charge in [0, 0.05) is 30.6 Å². The molecule has 0 atom stereocenters. The van der Waals surface area contributed by atoms with E-state index in [9.17, 15) is 0 Å². The fourth-order valence-corrected chi connectivity index (χ4v) is 3.01. The molecule has 1 aromatic rings. The number of hydrogen-bond donors (Lipinski definition) is 1. The van der Waals surface area contributed by atoms with E-state index in [1.54, 1.807) is 14.2 Å². The van der Waals surface area contributed by atoms with E-state index in [2.05, 4.69) is 39.0 Å². The summed E-state index contributed by atoms with van der Waals surface area (Å²) in [5.41, 5.74) is 0. The van der Waals surface area contributed by atoms with Crippen LogP contribution in [-0.2, 0) is 0 Å². The van der Waals surface area contributed by atoms with Crippen molar-refractivity contribution in [3.63, 3.8) is 0 Å². The number of anilines is 2. The number of ether oxygens (including phenoxy) is 1. The molecule has 0 bridgehead atoms. The molecule has 7 heteroatoms. The minimum Gasteiger partial charge on any atom is -0.467 e. The average Bonchev–Trinajstić information content (AvgIpc) is 2.59. The molecule has 0 amide bonds. The Kier molecular flexibility index (Phi) is 4.34. The van der Waals surface area contributed by atoms with E-state index in [0.29, 0.717) is 22.7 Å². The van der Waals surface area contributed by atoms with Crippen LogP contribution in [0.3, 0.4) is 0 Å². The third-order valence-corrected chi connectivity index (χ3v) is 4.50. The number of aromatic nitrogens is 3. The van der Waals surface area contributed by atoms with Crippen LogP contribution in [0.4, 0.5) is 11.9 Å². The van der Waals surface area contributed by atoms with Crippen LogP contribution in [0.1, 0.15) is 20.3 Å². The van der Waals surface area contributed by atoms with E-state index in [-0.39, 0.29) is 0 Å². The third kappa shape index (κ3) is 3.62. The fourth-order valence-electron chi connectivity index (χ4n) is 1.91. The lowest BCUT2D eigenvalue weighted by Crippen LogP contribution is -2.29. The molecule has 1 aliphatic rings. The second-order valence-electron chi connectivity index (χ2n) is 5.04. The maximum absolute atomic E-state index is 5.13. The maximum Gasteiger partial charge on any atom is 0.322 e. The molecule has 0 radical (unpaired) electrons. The Morgan fingerprint density at radius 1 is 1.26 bits per heavy atom. The van der Waals surface area contributed by atoms with Crippen LogP contribution >= 0.6 is 11.8 Å². The van der Waals surface area contributed by atoms with Gasteiger partial charge in [0.2, 0.25) is 11.9 Å². The molecule has 19 heavy (non-hydrogen) atoms. The molecule has 1 saturated heterocycles. The Balaban J connectivity index is 2.21. The monoisotopic (exact) mass is 283 g/mol. The topological polar surface area (TPSA) is 63.2 Å². The SMILES string of the molecule is CNc1nc(OC)nc(N2CCSC(C)(C)CC2)n1. The van der Waals surface area contributed by atoms with Gasteiger partial charge in [-0.1, -0.05) is 13.8 Å². The van der Waals surface area contributed by atoms with Crippen molar-refractivity contribution in [1.82, 2.24) is 15.0 Å². The Labute approximate surface area is 118 Å². The van der Waals surface area contributed by atoms with Gasteiger partial charge in [0.25, 0.3) is 0 Å². The Bertz CT molecular complexity index is 418. The van der Waals surface area contributed by atoms with Gasteiger partial charge in [-0.05, 0) is 6.42 Å². The summed E-state index contributed by atoms with van der Waals surface area (Å²) in [6, 6.07) is 0.352. The first-order valence-corrected chi connectivity index (χ1v) is 7.39. The predicted octanol–water partition coefficient (Wildman–Crippen LogP) is 1.64. The van der Waals surface area contributed by atoms with Crippen molar-refractivity contribution in [3.05, 3.63) is 0 Å². The van der Waals surface area contributed by atoms with E-state index in [1.165, 1.54) is 0 Å². The Morgan fingerprint density at radius 3 is 2.74 bits per heavy atom. The van der Waals surface area contributed by atoms with Crippen LogP contribution < -0.4 is 15.0 Å². The molecule has 1 fully saturated rings. The van der Waals surface area contributed by atoms with Crippen molar-refractivity contribution in [3.8, 4) is 6.01 Å². The molecular formula is C12H21N5OS. The van der Waals surface area contributed by atoms with Crippen molar-refractivity contribution < 1.29 is 4.74 Å². The summed E-state index contributed by atoms with van der Waals surface area (Å²) in [6.45, 7) is 6.48. The van der Waals surface area contributed by atoms with E-state index < -0.39 is 0 Å². The van der Waals surface area contributed by atoms with Crippen molar-refractivity contribution >= 4 is 23.7 Å². The Morgan fingerprint density at radius 2 is 2.05 bits per heavy atom. The minimum absolute atomic E-state index is 0.317. The van der Waals surface area contributed by atoms with Gasteiger partial charge in [0.1, 0.15) is 0 Å². The summed E-state index contributed by atoms with van der Waals surface area (Å²) in [5, 5.41) is 2.94. The fraction of sp³-hybridized carbons (Fsp3) is 0.750. The molecule has 1 N–H and O–H groups in total. The van der Waals surface area contributed by atoms with Gasteiger partial charge in [0.15, 0.2) is 0 Å². The van der Waals surface area contributed by atoms with Crippen LogP contribution in [0.5, 0.6) is 6.01 Å². The van der Waals surface area contributed by atoms with Crippen molar-refractivity contribution in [2.75, 3.05) is 43.2 Å². The molecule has 0 unspecified atom stereocenters. The van der Waals surface area contributed by atoms with Crippen molar-refractivity contribution in [1.29, 1.82) is 0 Å². The minimum atomic E-state index is 0.317. The van der Waals surface area contributed by atoms with E-state index in [1.807, 2.05) is 11.8 Å². The Hall–Kier alpha value is -1.24. The van der Waals surface area contributed by atoms with Gasteiger partial charge < -0.3 is 15.0 Å². The molecule has 6 nitrogen and oxygen atoms in total. The molecule has 106 valence electrons.